The van der Waals surface area contributed by atoms with Gasteiger partial charge in [0.25, 0.3) is 0 Å². The predicted octanol–water partition coefficient (Wildman–Crippen LogP) is 7.33. The van der Waals surface area contributed by atoms with Crippen LogP contribution in [-0.4, -0.2) is 0 Å². The van der Waals surface area contributed by atoms with Gasteiger partial charge in [0.2, 0.25) is 0 Å². The number of aryl methyl sites for hydroxylation is 2. The van der Waals surface area contributed by atoms with Gasteiger partial charge < -0.3 is 0 Å². The molecule has 0 saturated carbocycles. The van der Waals surface area contributed by atoms with Crippen molar-refractivity contribution in [3.05, 3.63) is 139 Å². The molecule has 0 aromatic heterocycles. The predicted molar refractivity (Wildman–Crippen MR) is 121 cm³/mol. The summed E-state index contributed by atoms with van der Waals surface area (Å²) >= 11 is 0. The Morgan fingerprint density at radius 2 is 1.28 bits per heavy atom. The molecule has 0 radical (unpaired) electrons. The van der Waals surface area contributed by atoms with E-state index >= 15 is 0 Å². The van der Waals surface area contributed by atoms with Crippen LogP contribution in [0.15, 0.2) is 121 Å². The summed E-state index contributed by atoms with van der Waals surface area (Å²) in [6.45, 7) is 0. The number of fused-ring (bicyclic) bond motifs is 1. The van der Waals surface area contributed by atoms with Crippen molar-refractivity contribution in [1.82, 2.24) is 0 Å². The van der Waals surface area contributed by atoms with Crippen molar-refractivity contribution in [3.63, 3.8) is 0 Å². The fraction of sp³-hybridized carbons (Fsp3) is 0.107. The molecule has 4 aromatic carbocycles. The Balaban J connectivity index is 0.000000171. The molecule has 0 atom stereocenters. The van der Waals surface area contributed by atoms with E-state index in [9.17, 15) is 0 Å². The molecule has 0 aliphatic heterocycles. The summed E-state index contributed by atoms with van der Waals surface area (Å²) in [7, 11) is 0. The van der Waals surface area contributed by atoms with Crippen LogP contribution in [0.1, 0.15) is 17.5 Å². The largest absolute Gasteiger partial charge is 0.273 e. The van der Waals surface area contributed by atoms with E-state index in [1.165, 1.54) is 21.9 Å². The number of hydrogen-bond acceptors (Lipinski definition) is 0. The Labute approximate surface area is 193 Å². The van der Waals surface area contributed by atoms with Gasteiger partial charge >= 0.3 is 0 Å². The third-order valence-corrected chi connectivity index (χ3v) is 4.52. The Kier molecular flexibility index (Phi) is 10.9. The zero-order valence-electron chi connectivity index (χ0n) is 16.7. The van der Waals surface area contributed by atoms with Crippen molar-refractivity contribution in [1.29, 1.82) is 0 Å². The molecule has 1 aliphatic rings. The van der Waals surface area contributed by atoms with Crippen LogP contribution in [0.3, 0.4) is 0 Å². The topological polar surface area (TPSA) is 0 Å². The first kappa shape index (κ1) is 22.9. The van der Waals surface area contributed by atoms with Crippen LogP contribution in [0.5, 0.6) is 0 Å². The minimum Gasteiger partial charge on any atom is -0.273 e. The maximum Gasteiger partial charge on any atom is 0 e. The third kappa shape index (κ3) is 8.66. The molecule has 0 spiro atoms. The summed E-state index contributed by atoms with van der Waals surface area (Å²) < 4.78 is 0. The van der Waals surface area contributed by atoms with E-state index in [1.54, 1.807) is 0 Å². The van der Waals surface area contributed by atoms with Gasteiger partial charge in [-0.15, -0.1) is 36.1 Å². The normalized spacial score (nSPS) is 11.0. The van der Waals surface area contributed by atoms with Crippen molar-refractivity contribution in [3.8, 4) is 0 Å². The summed E-state index contributed by atoms with van der Waals surface area (Å²) in [6.07, 6.45) is 12.3. The van der Waals surface area contributed by atoms with Gasteiger partial charge in [-0.05, 0) is 24.0 Å². The van der Waals surface area contributed by atoms with Crippen molar-refractivity contribution in [2.75, 3.05) is 0 Å². The first-order chi connectivity index (χ1) is 13.9. The van der Waals surface area contributed by atoms with Crippen molar-refractivity contribution in [2.45, 2.75) is 19.3 Å². The second-order valence-electron chi connectivity index (χ2n) is 6.63. The quantitative estimate of drug-likeness (QED) is 0.188. The molecular weight excluding hydrogens is 515 g/mol. The second-order valence-corrected chi connectivity index (χ2v) is 6.63. The summed E-state index contributed by atoms with van der Waals surface area (Å²) in [4.78, 5) is 0. The molecule has 0 nitrogen and oxygen atoms in total. The maximum absolute atomic E-state index is 2.99. The molecule has 1 heteroatoms. The zero-order chi connectivity index (χ0) is 19.3. The van der Waals surface area contributed by atoms with Crippen molar-refractivity contribution < 1.29 is 25.8 Å². The van der Waals surface area contributed by atoms with E-state index in [-0.39, 0.29) is 25.8 Å². The molecule has 5 rings (SSSR count). The first-order valence-corrected chi connectivity index (χ1v) is 9.82. The number of allylic oxidation sites excluding steroid dienone is 4. The van der Waals surface area contributed by atoms with Crippen molar-refractivity contribution >= 4 is 10.8 Å². The number of hydrogen-bond donors (Lipinski definition) is 0. The van der Waals surface area contributed by atoms with Gasteiger partial charge in [-0.3, -0.25) is 6.08 Å². The Morgan fingerprint density at radius 3 is 1.76 bits per heavy atom. The fourth-order valence-corrected chi connectivity index (χ4v) is 2.99. The van der Waals surface area contributed by atoms with E-state index in [4.69, 9.17) is 0 Å². The Hall–Kier alpha value is -2.38. The van der Waals surface area contributed by atoms with E-state index in [1.807, 2.05) is 12.2 Å². The average molecular weight is 541 g/mol. The van der Waals surface area contributed by atoms with Crippen LogP contribution in [0, 0.1) is 6.08 Å². The van der Waals surface area contributed by atoms with Gasteiger partial charge in [0.1, 0.15) is 0 Å². The molecule has 0 bridgehead atoms. The Bertz CT molecular complexity index is 899. The second kappa shape index (κ2) is 13.7. The first-order valence-electron chi connectivity index (χ1n) is 9.82. The van der Waals surface area contributed by atoms with E-state index < -0.39 is 0 Å². The van der Waals surface area contributed by atoms with Gasteiger partial charge in [0.05, 0.1) is 0 Å². The molecule has 0 N–H and O–H groups in total. The maximum atomic E-state index is 2.99. The SMILES string of the molecule is [C-]1=CC=CC1.[Hf].c1ccc(CCc2ccccc2)cc1.c1ccc2[cH-]ccc2c1. The van der Waals surface area contributed by atoms with Crippen LogP contribution < -0.4 is 0 Å². The van der Waals surface area contributed by atoms with E-state index in [0.717, 1.165) is 19.3 Å². The van der Waals surface area contributed by atoms with Gasteiger partial charge in [0.15, 0.2) is 0 Å². The summed E-state index contributed by atoms with van der Waals surface area (Å²) in [5.74, 6) is 0. The minimum atomic E-state index is 0. The summed E-state index contributed by atoms with van der Waals surface area (Å²) in [6, 6.07) is 35.9. The molecule has 0 saturated heterocycles. The minimum absolute atomic E-state index is 0. The molecular formula is C28H26Hf-2. The van der Waals surface area contributed by atoms with E-state index in [0.29, 0.717) is 0 Å². The Morgan fingerprint density at radius 1 is 0.690 bits per heavy atom. The standard InChI is InChI=1S/C14H14.C9H7.C5H5.Hf/c1-3-7-13(8-4-1)11-12-14-9-5-2-6-10-14;1-2-5-9-7-3-6-8(9)4-1;1-2-4-5-3-1;/h1-10H,11-12H2;1-7H;1-3H,4H2;/q;2*-1;. The molecule has 0 amide bonds. The molecule has 144 valence electrons. The molecule has 0 fully saturated rings. The van der Waals surface area contributed by atoms with Crippen LogP contribution in [0.25, 0.3) is 10.8 Å². The van der Waals surface area contributed by atoms with Crippen LogP contribution in [0.2, 0.25) is 0 Å². The summed E-state index contributed by atoms with van der Waals surface area (Å²) in [5.41, 5.74) is 2.83. The molecule has 1 aliphatic carbocycles. The number of benzene rings is 3. The molecule has 4 aromatic rings. The smallest absolute Gasteiger partial charge is 0 e. The fourth-order valence-electron chi connectivity index (χ4n) is 2.99. The van der Waals surface area contributed by atoms with Crippen molar-refractivity contribution in [2.24, 2.45) is 0 Å². The van der Waals surface area contributed by atoms with Gasteiger partial charge in [-0.2, -0.15) is 23.6 Å². The summed E-state index contributed by atoms with van der Waals surface area (Å²) in [5, 5.41) is 2.66. The van der Waals surface area contributed by atoms with Crippen LogP contribution in [-0.2, 0) is 38.7 Å². The van der Waals surface area contributed by atoms with Gasteiger partial charge in [-0.25, -0.2) is 12.2 Å². The molecule has 29 heavy (non-hydrogen) atoms. The average Bonchev–Trinajstić information content (AvgIpc) is 3.49. The van der Waals surface area contributed by atoms with Crippen LogP contribution in [0.4, 0.5) is 0 Å². The number of rotatable bonds is 3. The third-order valence-electron chi connectivity index (χ3n) is 4.52. The monoisotopic (exact) mass is 542 g/mol. The zero-order valence-corrected chi connectivity index (χ0v) is 20.3. The van der Waals surface area contributed by atoms with Gasteiger partial charge in [-0.1, -0.05) is 66.7 Å². The van der Waals surface area contributed by atoms with E-state index in [2.05, 4.69) is 115 Å². The van der Waals surface area contributed by atoms with Crippen LogP contribution >= 0.6 is 0 Å². The molecule has 0 unspecified atom stereocenters. The molecule has 0 heterocycles. The van der Waals surface area contributed by atoms with Gasteiger partial charge in [0, 0.05) is 25.8 Å².